The van der Waals surface area contributed by atoms with Crippen molar-refractivity contribution in [3.63, 3.8) is 0 Å². The molecule has 0 radical (unpaired) electrons. The van der Waals surface area contributed by atoms with E-state index in [0.717, 1.165) is 0 Å². The molecule has 0 unspecified atom stereocenters. The van der Waals surface area contributed by atoms with Crippen molar-refractivity contribution in [1.29, 1.82) is 0 Å². The number of benzene rings is 1. The van der Waals surface area contributed by atoms with E-state index < -0.39 is 11.8 Å². The summed E-state index contributed by atoms with van der Waals surface area (Å²) >= 11 is 4.46. The Labute approximate surface area is 90.4 Å². The molecule has 0 saturated heterocycles. The van der Waals surface area contributed by atoms with Crippen molar-refractivity contribution < 1.29 is 14.4 Å². The van der Waals surface area contributed by atoms with Gasteiger partial charge in [0.15, 0.2) is 0 Å². The molecule has 1 aliphatic heterocycles. The summed E-state index contributed by atoms with van der Waals surface area (Å²) in [6.07, 6.45) is 0. The molecular weight excluding hydrogens is 216 g/mol. The quantitative estimate of drug-likeness (QED) is 0.552. The fourth-order valence-corrected chi connectivity index (χ4v) is 1.41. The van der Waals surface area contributed by atoms with Crippen molar-refractivity contribution in [1.82, 2.24) is 5.06 Å². The van der Waals surface area contributed by atoms with Crippen molar-refractivity contribution in [2.45, 2.75) is 0 Å². The summed E-state index contributed by atoms with van der Waals surface area (Å²) in [4.78, 5) is 27.9. The lowest BCUT2D eigenvalue weighted by atomic mass is 10.1. The number of carbonyl (C=O) groups excluding carboxylic acids is 2. The Morgan fingerprint density at radius 2 is 1.67 bits per heavy atom. The molecule has 0 spiro atoms. The third-order valence-corrected chi connectivity index (χ3v) is 2.01. The van der Waals surface area contributed by atoms with Gasteiger partial charge in [-0.25, -0.2) is 0 Å². The second-order valence-corrected chi connectivity index (χ2v) is 3.26. The highest BCUT2D eigenvalue weighted by Gasteiger charge is 2.37. The number of amides is 2. The molecule has 2 rings (SSSR count). The molecule has 2 N–H and O–H groups in total. The Morgan fingerprint density at radius 3 is 2.07 bits per heavy atom. The third kappa shape index (κ3) is 1.44. The maximum atomic E-state index is 11.6. The number of hydrogen-bond donors (Lipinski definition) is 1. The Morgan fingerprint density at radius 1 is 1.20 bits per heavy atom. The summed E-state index contributed by atoms with van der Waals surface area (Å²) in [6.45, 7) is 0. The van der Waals surface area contributed by atoms with Crippen LogP contribution in [0.3, 0.4) is 0 Å². The van der Waals surface area contributed by atoms with Gasteiger partial charge in [0.05, 0.1) is 11.1 Å². The lowest BCUT2D eigenvalue weighted by molar-refractivity contribution is -0.0211. The minimum atomic E-state index is -0.552. The van der Waals surface area contributed by atoms with Crippen LogP contribution in [0.2, 0.25) is 0 Å². The second kappa shape index (κ2) is 3.32. The molecule has 1 heterocycles. The zero-order valence-electron chi connectivity index (χ0n) is 7.47. The normalized spacial score (nSPS) is 14.0. The first-order valence-corrected chi connectivity index (χ1v) is 4.47. The first-order chi connectivity index (χ1) is 7.11. The van der Waals surface area contributed by atoms with Gasteiger partial charge in [-0.1, -0.05) is 17.2 Å². The van der Waals surface area contributed by atoms with Crippen molar-refractivity contribution >= 4 is 29.2 Å². The van der Waals surface area contributed by atoms with Gasteiger partial charge in [0.1, 0.15) is 0 Å². The molecule has 0 saturated carbocycles. The summed E-state index contributed by atoms with van der Waals surface area (Å²) < 4.78 is 0. The smallest absolute Gasteiger partial charge is 0.295 e. The van der Waals surface area contributed by atoms with Crippen LogP contribution < -0.4 is 5.73 Å². The Kier molecular flexibility index (Phi) is 2.12. The predicted molar refractivity (Wildman–Crippen MR) is 54.8 cm³/mol. The van der Waals surface area contributed by atoms with Gasteiger partial charge in [0.2, 0.25) is 0 Å². The van der Waals surface area contributed by atoms with Gasteiger partial charge < -0.3 is 10.6 Å². The van der Waals surface area contributed by atoms with E-state index in [-0.39, 0.29) is 5.17 Å². The highest BCUT2D eigenvalue weighted by molar-refractivity contribution is 7.80. The monoisotopic (exact) mass is 222 g/mol. The number of carbonyl (C=O) groups is 2. The van der Waals surface area contributed by atoms with E-state index in [2.05, 4.69) is 17.1 Å². The number of nitrogens with two attached hydrogens (primary N) is 1. The van der Waals surface area contributed by atoms with E-state index in [1.54, 1.807) is 24.3 Å². The zero-order chi connectivity index (χ0) is 11.0. The maximum absolute atomic E-state index is 11.6. The van der Waals surface area contributed by atoms with Crippen LogP contribution in [0.4, 0.5) is 0 Å². The van der Waals surface area contributed by atoms with Gasteiger partial charge in [-0.2, -0.15) is 0 Å². The topological polar surface area (TPSA) is 72.6 Å². The minimum Gasteiger partial charge on any atom is -0.358 e. The molecular formula is C9H6N2O3S. The number of rotatable bonds is 1. The van der Waals surface area contributed by atoms with E-state index in [1.807, 2.05) is 0 Å². The van der Waals surface area contributed by atoms with Crippen LogP contribution in [-0.4, -0.2) is 22.1 Å². The third-order valence-electron chi connectivity index (χ3n) is 1.94. The van der Waals surface area contributed by atoms with Crippen LogP contribution in [0.1, 0.15) is 20.7 Å². The molecule has 0 aliphatic carbocycles. The van der Waals surface area contributed by atoms with E-state index >= 15 is 0 Å². The van der Waals surface area contributed by atoms with Crippen molar-refractivity contribution in [2.24, 2.45) is 5.73 Å². The molecule has 1 aromatic carbocycles. The number of thiocarbonyl (C=S) groups is 1. The van der Waals surface area contributed by atoms with E-state index in [4.69, 9.17) is 5.73 Å². The number of hydroxylamine groups is 2. The summed E-state index contributed by atoms with van der Waals surface area (Å²) in [5, 5.41) is 0.192. The number of nitrogens with zero attached hydrogens (tertiary/aromatic N) is 1. The molecule has 76 valence electrons. The summed E-state index contributed by atoms with van der Waals surface area (Å²) in [7, 11) is 0. The Hall–Kier alpha value is -1.95. The molecule has 1 aliphatic rings. The fourth-order valence-electron chi connectivity index (χ4n) is 1.34. The molecule has 0 fully saturated rings. The van der Waals surface area contributed by atoms with E-state index in [0.29, 0.717) is 16.2 Å². The van der Waals surface area contributed by atoms with Crippen LogP contribution >= 0.6 is 12.2 Å². The largest absolute Gasteiger partial charge is 0.358 e. The zero-order valence-corrected chi connectivity index (χ0v) is 8.28. The predicted octanol–water partition coefficient (Wildman–Crippen LogP) is 0.458. The highest BCUT2D eigenvalue weighted by atomic mass is 32.1. The highest BCUT2D eigenvalue weighted by Crippen LogP contribution is 2.22. The van der Waals surface area contributed by atoms with Crippen molar-refractivity contribution in [3.8, 4) is 0 Å². The molecule has 5 nitrogen and oxygen atoms in total. The van der Waals surface area contributed by atoms with Crippen molar-refractivity contribution in [2.75, 3.05) is 0 Å². The number of imide groups is 1. The van der Waals surface area contributed by atoms with E-state index in [9.17, 15) is 9.59 Å². The first kappa shape index (κ1) is 9.60. The number of fused-ring (bicyclic) bond motifs is 1. The Balaban J connectivity index is 2.41. The lowest BCUT2D eigenvalue weighted by Crippen LogP contribution is -2.34. The summed E-state index contributed by atoms with van der Waals surface area (Å²) in [5.41, 5.74) is 5.68. The average molecular weight is 222 g/mol. The number of hydrogen-bond acceptors (Lipinski definition) is 4. The standard InChI is InChI=1S/C9H6N2O3S/c10-9(15)14-11-7(12)5-3-1-2-4-6(5)8(11)13/h1-4H,(H2,10,15). The molecule has 2 amide bonds. The van der Waals surface area contributed by atoms with Crippen LogP contribution in [0.15, 0.2) is 24.3 Å². The van der Waals surface area contributed by atoms with Crippen LogP contribution in [0.5, 0.6) is 0 Å². The van der Waals surface area contributed by atoms with Gasteiger partial charge in [0.25, 0.3) is 17.0 Å². The van der Waals surface area contributed by atoms with Gasteiger partial charge in [-0.3, -0.25) is 9.59 Å². The summed E-state index contributed by atoms with van der Waals surface area (Å²) in [6, 6.07) is 6.40. The fraction of sp³-hybridized carbons (Fsp3) is 0. The van der Waals surface area contributed by atoms with Gasteiger partial charge in [-0.15, -0.1) is 0 Å². The van der Waals surface area contributed by atoms with Crippen LogP contribution in [0, 0.1) is 0 Å². The molecule has 6 heteroatoms. The molecule has 1 aromatic rings. The van der Waals surface area contributed by atoms with Gasteiger partial charge >= 0.3 is 0 Å². The first-order valence-electron chi connectivity index (χ1n) is 4.06. The maximum Gasteiger partial charge on any atom is 0.295 e. The average Bonchev–Trinajstić information content (AvgIpc) is 2.44. The molecule has 0 atom stereocenters. The lowest BCUT2D eigenvalue weighted by Gasteiger charge is -2.11. The van der Waals surface area contributed by atoms with Crippen LogP contribution in [-0.2, 0) is 4.84 Å². The van der Waals surface area contributed by atoms with Crippen molar-refractivity contribution in [3.05, 3.63) is 35.4 Å². The van der Waals surface area contributed by atoms with Gasteiger partial charge in [-0.05, 0) is 24.4 Å². The van der Waals surface area contributed by atoms with E-state index in [1.165, 1.54) is 0 Å². The second-order valence-electron chi connectivity index (χ2n) is 2.86. The Bertz CT molecular complexity index is 437. The molecule has 15 heavy (non-hydrogen) atoms. The van der Waals surface area contributed by atoms with Crippen LogP contribution in [0.25, 0.3) is 0 Å². The summed E-state index contributed by atoms with van der Waals surface area (Å²) in [5.74, 6) is -1.10. The minimum absolute atomic E-state index is 0.291. The molecule has 0 bridgehead atoms. The molecule has 0 aromatic heterocycles. The SMILES string of the molecule is NC(=S)ON1C(=O)c2ccccc2C1=O. The van der Waals surface area contributed by atoms with Gasteiger partial charge in [0, 0.05) is 0 Å².